The summed E-state index contributed by atoms with van der Waals surface area (Å²) in [5.74, 6) is 1.21. The van der Waals surface area contributed by atoms with Gasteiger partial charge >= 0.3 is 0 Å². The molecule has 2 heteroatoms. The van der Waals surface area contributed by atoms with Gasteiger partial charge in [-0.2, -0.15) is 0 Å². The van der Waals surface area contributed by atoms with Crippen LogP contribution in [-0.4, -0.2) is 10.2 Å². The van der Waals surface area contributed by atoms with Crippen molar-refractivity contribution < 1.29 is 10.2 Å². The van der Waals surface area contributed by atoms with Gasteiger partial charge in [0, 0.05) is 6.42 Å². The van der Waals surface area contributed by atoms with E-state index < -0.39 is 0 Å². The van der Waals surface area contributed by atoms with Crippen molar-refractivity contribution >= 4 is 0 Å². The van der Waals surface area contributed by atoms with Crippen molar-refractivity contribution in [1.82, 2.24) is 0 Å². The number of unbranched alkanes of at least 4 members (excludes halogenated alkanes) is 10. The molecular weight excluding hydrogens is 621 g/mol. The van der Waals surface area contributed by atoms with E-state index in [0.717, 1.165) is 24.0 Å². The molecule has 2 N–H and O–H groups in total. The molecule has 276 valence electrons. The lowest BCUT2D eigenvalue weighted by molar-refractivity contribution is 0.374. The average Bonchev–Trinajstić information content (AvgIpc) is 3.13. The zero-order valence-corrected chi connectivity index (χ0v) is 32.9. The van der Waals surface area contributed by atoms with Crippen molar-refractivity contribution in [2.45, 2.75) is 161 Å². The van der Waals surface area contributed by atoms with Crippen LogP contribution in [0.1, 0.15) is 177 Å². The number of phenolic OH excluding ortho intramolecular Hbond substituents is 2. The lowest BCUT2D eigenvalue weighted by Crippen LogP contribution is -2.27. The Bertz CT molecular complexity index is 1450. The quantitative estimate of drug-likeness (QED) is 0.0807. The van der Waals surface area contributed by atoms with E-state index in [9.17, 15) is 10.2 Å². The van der Waals surface area contributed by atoms with Gasteiger partial charge in [-0.25, -0.2) is 0 Å². The zero-order chi connectivity index (χ0) is 36.7. The fraction of sp³-hybridized carbons (Fsp3) is 0.510. The van der Waals surface area contributed by atoms with Gasteiger partial charge in [0.2, 0.25) is 0 Å². The highest BCUT2D eigenvalue weighted by atomic mass is 16.3. The van der Waals surface area contributed by atoms with Gasteiger partial charge in [-0.1, -0.05) is 204 Å². The summed E-state index contributed by atoms with van der Waals surface area (Å²) < 4.78 is 0. The maximum Gasteiger partial charge on any atom is 0.119 e. The molecule has 0 heterocycles. The molecule has 0 fully saturated rings. The van der Waals surface area contributed by atoms with Gasteiger partial charge in [-0.3, -0.25) is 0 Å². The highest BCUT2D eigenvalue weighted by Crippen LogP contribution is 2.45. The minimum Gasteiger partial charge on any atom is -0.508 e. The molecule has 0 bridgehead atoms. The lowest BCUT2D eigenvalue weighted by Gasteiger charge is -2.36. The van der Waals surface area contributed by atoms with Crippen LogP contribution in [0.2, 0.25) is 0 Å². The molecule has 0 aliphatic heterocycles. The summed E-state index contributed by atoms with van der Waals surface area (Å²) in [5, 5.41) is 22.5. The highest BCUT2D eigenvalue weighted by molar-refractivity contribution is 5.47. The maximum atomic E-state index is 11.3. The second kappa shape index (κ2) is 19.9. The van der Waals surface area contributed by atoms with Crippen LogP contribution in [-0.2, 0) is 17.3 Å². The van der Waals surface area contributed by atoms with Gasteiger partial charge < -0.3 is 10.2 Å². The topological polar surface area (TPSA) is 40.5 Å². The van der Waals surface area contributed by atoms with E-state index in [1.54, 1.807) is 0 Å². The molecule has 4 aromatic rings. The third-order valence-electron chi connectivity index (χ3n) is 11.9. The molecule has 0 saturated carbocycles. The molecule has 0 saturated heterocycles. The minimum absolute atomic E-state index is 0.0756. The minimum atomic E-state index is -0.0756. The first-order chi connectivity index (χ1) is 24.6. The van der Waals surface area contributed by atoms with Crippen LogP contribution in [0, 0.1) is 0 Å². The SMILES string of the molecule is CCCCCCCCC(c1ccc(O)c(Cc2cc(C(CCCCCCCC)C(C)(C)c3ccccc3)ccc2O)c1)C(C)(C)c1ccccc1. The molecule has 4 aromatic carbocycles. The van der Waals surface area contributed by atoms with Gasteiger partial charge in [0.15, 0.2) is 0 Å². The predicted molar refractivity (Wildman–Crippen MR) is 219 cm³/mol. The number of hydrogen-bond acceptors (Lipinski definition) is 2. The summed E-state index contributed by atoms with van der Waals surface area (Å²) in [6, 6.07) is 34.4. The standard InChI is InChI=1S/C49H68O2/c1-7-9-11-13-15-23-29-44(48(3,4)42-25-19-17-20-26-42)38-31-33-46(50)40(35-38)37-41-36-39(32-34-47(41)51)45(30-24-16-14-12-10-8-2)49(5,6)43-27-21-18-22-28-43/h17-22,25-28,31-36,44-45,50-51H,7-16,23-24,29-30,37H2,1-6H3. The first-order valence-corrected chi connectivity index (χ1v) is 20.3. The van der Waals surface area contributed by atoms with Crippen molar-refractivity contribution in [2.75, 3.05) is 0 Å². The second-order valence-electron chi connectivity index (χ2n) is 16.3. The van der Waals surface area contributed by atoms with Crippen molar-refractivity contribution in [1.29, 1.82) is 0 Å². The van der Waals surface area contributed by atoms with E-state index in [-0.39, 0.29) is 10.8 Å². The third kappa shape index (κ3) is 11.2. The number of aromatic hydroxyl groups is 2. The van der Waals surface area contributed by atoms with Gasteiger partial charge in [0.1, 0.15) is 11.5 Å². The van der Waals surface area contributed by atoms with E-state index in [0.29, 0.717) is 29.8 Å². The van der Waals surface area contributed by atoms with E-state index in [2.05, 4.69) is 126 Å². The summed E-state index contributed by atoms with van der Waals surface area (Å²) in [7, 11) is 0. The van der Waals surface area contributed by atoms with Crippen LogP contribution in [0.15, 0.2) is 97.1 Å². The van der Waals surface area contributed by atoms with Crippen molar-refractivity contribution in [2.24, 2.45) is 0 Å². The van der Waals surface area contributed by atoms with Crippen LogP contribution >= 0.6 is 0 Å². The van der Waals surface area contributed by atoms with Gasteiger partial charge in [-0.15, -0.1) is 0 Å². The molecule has 0 spiro atoms. The third-order valence-corrected chi connectivity index (χ3v) is 11.9. The monoisotopic (exact) mass is 689 g/mol. The molecule has 4 rings (SSSR count). The van der Waals surface area contributed by atoms with Crippen LogP contribution < -0.4 is 0 Å². The Morgan fingerprint density at radius 1 is 0.451 bits per heavy atom. The van der Waals surface area contributed by atoms with Crippen molar-refractivity contribution in [3.8, 4) is 11.5 Å². The van der Waals surface area contributed by atoms with Gasteiger partial charge in [0.25, 0.3) is 0 Å². The molecule has 0 radical (unpaired) electrons. The first-order valence-electron chi connectivity index (χ1n) is 20.3. The highest BCUT2D eigenvalue weighted by Gasteiger charge is 2.34. The zero-order valence-electron chi connectivity index (χ0n) is 32.9. The summed E-state index contributed by atoms with van der Waals surface area (Å²) >= 11 is 0. The summed E-state index contributed by atoms with van der Waals surface area (Å²) in [4.78, 5) is 0. The predicted octanol–water partition coefficient (Wildman–Crippen LogP) is 14.3. The summed E-state index contributed by atoms with van der Waals surface area (Å²) in [6.07, 6.45) is 18.0. The fourth-order valence-corrected chi connectivity index (χ4v) is 8.42. The van der Waals surface area contributed by atoms with Crippen molar-refractivity contribution in [3.05, 3.63) is 130 Å². The molecule has 0 amide bonds. The van der Waals surface area contributed by atoms with E-state index in [4.69, 9.17) is 0 Å². The Kier molecular flexibility index (Phi) is 15.7. The van der Waals surface area contributed by atoms with Crippen molar-refractivity contribution in [3.63, 3.8) is 0 Å². The molecular formula is C49H68O2. The number of rotatable bonds is 22. The van der Waals surface area contributed by atoms with Gasteiger partial charge in [0.05, 0.1) is 0 Å². The summed E-state index contributed by atoms with van der Waals surface area (Å²) in [5.41, 5.74) is 6.84. The fourth-order valence-electron chi connectivity index (χ4n) is 8.42. The Balaban J connectivity index is 1.64. The maximum absolute atomic E-state index is 11.3. The number of benzene rings is 4. The Morgan fingerprint density at radius 2 is 0.804 bits per heavy atom. The molecule has 0 aliphatic carbocycles. The number of phenols is 2. The largest absolute Gasteiger partial charge is 0.508 e. The molecule has 51 heavy (non-hydrogen) atoms. The van der Waals surface area contributed by atoms with Gasteiger partial charge in [-0.05, 0) is 81.0 Å². The normalized spacial score (nSPS) is 13.3. The molecule has 2 unspecified atom stereocenters. The van der Waals surface area contributed by atoms with Crippen LogP contribution in [0.25, 0.3) is 0 Å². The summed E-state index contributed by atoms with van der Waals surface area (Å²) in [6.45, 7) is 14.1. The smallest absolute Gasteiger partial charge is 0.119 e. The molecule has 2 atom stereocenters. The van der Waals surface area contributed by atoms with Crippen LogP contribution in [0.5, 0.6) is 11.5 Å². The molecule has 0 aliphatic rings. The van der Waals surface area contributed by atoms with Crippen LogP contribution in [0.4, 0.5) is 0 Å². The van der Waals surface area contributed by atoms with E-state index >= 15 is 0 Å². The molecule has 2 nitrogen and oxygen atoms in total. The Morgan fingerprint density at radius 3 is 1.18 bits per heavy atom. The average molecular weight is 689 g/mol. The Hall–Kier alpha value is -3.52. The second-order valence-corrected chi connectivity index (χ2v) is 16.3. The first kappa shape index (κ1) is 40.3. The lowest BCUT2D eigenvalue weighted by atomic mass is 9.68. The van der Waals surface area contributed by atoms with Crippen LogP contribution in [0.3, 0.4) is 0 Å². The number of hydrogen-bond donors (Lipinski definition) is 2. The molecule has 0 aromatic heterocycles. The van der Waals surface area contributed by atoms with E-state index in [1.165, 1.54) is 99.3 Å². The van der Waals surface area contributed by atoms with E-state index in [1.807, 2.05) is 12.1 Å². The Labute approximate surface area is 311 Å².